The number of amides is 1. The molecule has 0 aliphatic rings. The molecule has 0 radical (unpaired) electrons. The van der Waals surface area contributed by atoms with Crippen LogP contribution in [0.25, 0.3) is 16.7 Å². The number of benzene rings is 2. The highest BCUT2D eigenvalue weighted by Gasteiger charge is 2.22. The molecule has 0 aliphatic heterocycles. The summed E-state index contributed by atoms with van der Waals surface area (Å²) in [6, 6.07) is 14.8. The van der Waals surface area contributed by atoms with Crippen LogP contribution < -0.4 is 15.6 Å². The van der Waals surface area contributed by atoms with Gasteiger partial charge < -0.3 is 10.1 Å². The molecule has 0 saturated heterocycles. The topological polar surface area (TPSA) is 90.5 Å². The number of unbranched alkanes of at least 4 members (excludes halogenated alkanes) is 2. The van der Waals surface area contributed by atoms with E-state index in [9.17, 15) is 9.59 Å². The highest BCUT2D eigenvalue weighted by atomic mass is 32.2. The molecule has 0 saturated carbocycles. The zero-order valence-corrected chi connectivity index (χ0v) is 20.5. The van der Waals surface area contributed by atoms with Gasteiger partial charge in [-0.2, -0.15) is 0 Å². The summed E-state index contributed by atoms with van der Waals surface area (Å²) in [4.78, 5) is 26.2. The molecule has 0 spiro atoms. The predicted octanol–water partition coefficient (Wildman–Crippen LogP) is 4.75. The van der Waals surface area contributed by atoms with E-state index in [4.69, 9.17) is 4.74 Å². The molecule has 0 bridgehead atoms. The Morgan fingerprint density at radius 3 is 2.65 bits per heavy atom. The van der Waals surface area contributed by atoms with Gasteiger partial charge in [-0.1, -0.05) is 55.8 Å². The van der Waals surface area contributed by atoms with E-state index in [-0.39, 0.29) is 11.5 Å². The second-order valence-electron chi connectivity index (χ2n) is 7.98. The number of fused-ring (bicyclic) bond motifs is 3. The average molecular weight is 480 g/mol. The SMILES string of the molecule is CCCCCn1c(=O)c2ccccc2n2c(SC(C)C(=O)Nc3ccccc3OCC)nnc12. The van der Waals surface area contributed by atoms with Crippen molar-refractivity contribution in [3.8, 4) is 5.75 Å². The van der Waals surface area contributed by atoms with Crippen molar-refractivity contribution in [1.29, 1.82) is 0 Å². The van der Waals surface area contributed by atoms with Crippen molar-refractivity contribution in [2.24, 2.45) is 0 Å². The van der Waals surface area contributed by atoms with Gasteiger partial charge in [0.15, 0.2) is 5.16 Å². The lowest BCUT2D eigenvalue weighted by atomic mass is 10.2. The smallest absolute Gasteiger partial charge is 0.262 e. The maximum absolute atomic E-state index is 13.2. The van der Waals surface area contributed by atoms with Gasteiger partial charge in [-0.05, 0) is 44.5 Å². The van der Waals surface area contributed by atoms with E-state index in [1.54, 1.807) is 4.57 Å². The summed E-state index contributed by atoms with van der Waals surface area (Å²) in [5.41, 5.74) is 1.29. The van der Waals surface area contributed by atoms with E-state index < -0.39 is 5.25 Å². The van der Waals surface area contributed by atoms with Crippen LogP contribution in [0.3, 0.4) is 0 Å². The molecule has 1 amide bonds. The number of carbonyl (C=O) groups excluding carboxylic acids is 1. The monoisotopic (exact) mass is 479 g/mol. The highest BCUT2D eigenvalue weighted by molar-refractivity contribution is 8.00. The zero-order valence-electron chi connectivity index (χ0n) is 19.7. The van der Waals surface area contributed by atoms with Crippen LogP contribution in [-0.4, -0.2) is 36.9 Å². The Balaban J connectivity index is 1.66. The predicted molar refractivity (Wildman–Crippen MR) is 136 cm³/mol. The van der Waals surface area contributed by atoms with Crippen molar-refractivity contribution in [2.45, 2.75) is 57.0 Å². The number of nitrogens with zero attached hydrogens (tertiary/aromatic N) is 4. The van der Waals surface area contributed by atoms with Crippen molar-refractivity contribution >= 4 is 40.0 Å². The lowest BCUT2D eigenvalue weighted by Crippen LogP contribution is -2.24. The second-order valence-corrected chi connectivity index (χ2v) is 9.29. The third-order valence-corrected chi connectivity index (χ3v) is 6.60. The Morgan fingerprint density at radius 2 is 1.85 bits per heavy atom. The number of para-hydroxylation sites is 3. The first-order chi connectivity index (χ1) is 16.5. The van der Waals surface area contributed by atoms with Gasteiger partial charge in [-0.15, -0.1) is 10.2 Å². The summed E-state index contributed by atoms with van der Waals surface area (Å²) >= 11 is 1.31. The number of nitrogens with one attached hydrogen (secondary N) is 1. The Hall–Kier alpha value is -3.33. The Morgan fingerprint density at radius 1 is 1.09 bits per heavy atom. The molecule has 1 unspecified atom stereocenters. The number of hydrogen-bond acceptors (Lipinski definition) is 6. The number of rotatable bonds is 10. The number of carbonyl (C=O) groups is 1. The lowest BCUT2D eigenvalue weighted by molar-refractivity contribution is -0.115. The number of anilines is 1. The second kappa shape index (κ2) is 10.7. The van der Waals surface area contributed by atoms with Gasteiger partial charge in [0.25, 0.3) is 5.56 Å². The van der Waals surface area contributed by atoms with Crippen LogP contribution >= 0.6 is 11.8 Å². The minimum absolute atomic E-state index is 0.0681. The molecule has 9 heteroatoms. The zero-order chi connectivity index (χ0) is 24.1. The molecule has 2 heterocycles. The fourth-order valence-electron chi connectivity index (χ4n) is 3.83. The largest absolute Gasteiger partial charge is 0.492 e. The van der Waals surface area contributed by atoms with Crippen LogP contribution in [0, 0.1) is 0 Å². The third kappa shape index (κ3) is 4.79. The lowest BCUT2D eigenvalue weighted by Gasteiger charge is -2.15. The Bertz CT molecular complexity index is 1360. The van der Waals surface area contributed by atoms with Gasteiger partial charge in [-0.3, -0.25) is 18.6 Å². The first kappa shape index (κ1) is 23.8. The van der Waals surface area contributed by atoms with Crippen molar-refractivity contribution in [2.75, 3.05) is 11.9 Å². The van der Waals surface area contributed by atoms with Crippen LogP contribution in [0.5, 0.6) is 5.75 Å². The summed E-state index contributed by atoms with van der Waals surface area (Å²) in [6.07, 6.45) is 2.98. The van der Waals surface area contributed by atoms with Crippen molar-refractivity contribution in [3.05, 3.63) is 58.9 Å². The van der Waals surface area contributed by atoms with Crippen LogP contribution in [0.4, 0.5) is 5.69 Å². The van der Waals surface area contributed by atoms with E-state index in [1.807, 2.05) is 66.8 Å². The quantitative estimate of drug-likeness (QED) is 0.261. The van der Waals surface area contributed by atoms with Crippen molar-refractivity contribution in [3.63, 3.8) is 0 Å². The number of aromatic nitrogens is 4. The minimum atomic E-state index is -0.457. The van der Waals surface area contributed by atoms with Crippen LogP contribution in [0.2, 0.25) is 0 Å². The maximum Gasteiger partial charge on any atom is 0.262 e. The fourth-order valence-corrected chi connectivity index (χ4v) is 4.68. The first-order valence-electron chi connectivity index (χ1n) is 11.6. The first-order valence-corrected chi connectivity index (χ1v) is 12.5. The molecule has 8 nitrogen and oxygen atoms in total. The van der Waals surface area contributed by atoms with E-state index in [2.05, 4.69) is 22.4 Å². The maximum atomic E-state index is 13.2. The fraction of sp³-hybridized carbons (Fsp3) is 0.360. The van der Waals surface area contributed by atoms with Gasteiger partial charge >= 0.3 is 0 Å². The van der Waals surface area contributed by atoms with E-state index in [0.717, 1.165) is 24.8 Å². The number of hydrogen-bond donors (Lipinski definition) is 1. The molecular formula is C25H29N5O3S. The number of thioether (sulfide) groups is 1. The van der Waals surface area contributed by atoms with Crippen LogP contribution in [0.1, 0.15) is 40.0 Å². The summed E-state index contributed by atoms with van der Waals surface area (Å²) in [6.45, 7) is 6.94. The molecule has 4 rings (SSSR count). The van der Waals surface area contributed by atoms with Gasteiger partial charge in [0.05, 0.1) is 28.4 Å². The Kier molecular flexibility index (Phi) is 7.52. The normalized spacial score (nSPS) is 12.2. The summed E-state index contributed by atoms with van der Waals surface area (Å²) in [7, 11) is 0. The molecule has 4 aromatic rings. The van der Waals surface area contributed by atoms with E-state index >= 15 is 0 Å². The molecule has 1 N–H and O–H groups in total. The van der Waals surface area contributed by atoms with E-state index in [1.165, 1.54) is 11.8 Å². The number of aryl methyl sites for hydroxylation is 1. The molecular weight excluding hydrogens is 450 g/mol. The van der Waals surface area contributed by atoms with Crippen molar-refractivity contribution in [1.82, 2.24) is 19.2 Å². The van der Waals surface area contributed by atoms with E-state index in [0.29, 0.717) is 40.9 Å². The summed E-state index contributed by atoms with van der Waals surface area (Å²) in [5.74, 6) is 0.955. The van der Waals surface area contributed by atoms with Crippen molar-refractivity contribution < 1.29 is 9.53 Å². The van der Waals surface area contributed by atoms with Gasteiger partial charge in [0.2, 0.25) is 11.7 Å². The molecule has 0 fully saturated rings. The molecule has 1 atom stereocenters. The average Bonchev–Trinajstić information content (AvgIpc) is 3.26. The molecule has 0 aliphatic carbocycles. The molecule has 2 aromatic heterocycles. The van der Waals surface area contributed by atoms with Gasteiger partial charge in [-0.25, -0.2) is 0 Å². The summed E-state index contributed by atoms with van der Waals surface area (Å²) in [5, 5.41) is 12.4. The Labute approximate surface area is 202 Å². The standard InChI is InChI=1S/C25H29N5O3S/c1-4-6-11-16-29-23(32)18-12-7-9-14-20(18)30-24(29)27-28-25(30)34-17(3)22(31)26-19-13-8-10-15-21(19)33-5-2/h7-10,12-15,17H,4-6,11,16H2,1-3H3,(H,26,31). The summed E-state index contributed by atoms with van der Waals surface area (Å²) < 4.78 is 9.19. The van der Waals surface area contributed by atoms with Crippen LogP contribution in [-0.2, 0) is 11.3 Å². The minimum Gasteiger partial charge on any atom is -0.492 e. The molecule has 2 aromatic carbocycles. The molecule has 34 heavy (non-hydrogen) atoms. The highest BCUT2D eigenvalue weighted by Crippen LogP contribution is 2.28. The molecule has 178 valence electrons. The number of ether oxygens (including phenoxy) is 1. The van der Waals surface area contributed by atoms with Gasteiger partial charge in [0.1, 0.15) is 5.75 Å². The van der Waals surface area contributed by atoms with Gasteiger partial charge in [0, 0.05) is 6.54 Å². The van der Waals surface area contributed by atoms with Crippen LogP contribution in [0.15, 0.2) is 58.5 Å². The third-order valence-electron chi connectivity index (χ3n) is 5.56.